The summed E-state index contributed by atoms with van der Waals surface area (Å²) in [7, 11) is 0. The molecule has 6 heteroatoms. The minimum absolute atomic E-state index is 0.553. The van der Waals surface area contributed by atoms with Crippen molar-refractivity contribution in [3.63, 3.8) is 0 Å². The molecular weight excluding hydrogens is 268 g/mol. The van der Waals surface area contributed by atoms with Gasteiger partial charge in [0, 0.05) is 16.9 Å². The van der Waals surface area contributed by atoms with Crippen LogP contribution in [-0.2, 0) is 6.54 Å². The van der Waals surface area contributed by atoms with Gasteiger partial charge in [0.1, 0.15) is 5.69 Å². The van der Waals surface area contributed by atoms with Crippen LogP contribution in [0.2, 0.25) is 5.02 Å². The number of nitrogens with two attached hydrogens (primary N) is 1. The molecule has 0 spiro atoms. The second-order valence-electron chi connectivity index (χ2n) is 3.88. The number of halogens is 1. The molecule has 2 aromatic heterocycles. The maximum atomic E-state index is 5.99. The van der Waals surface area contributed by atoms with Crippen LogP contribution in [0.4, 0.5) is 5.13 Å². The number of anilines is 1. The number of hydrogen-bond donors (Lipinski definition) is 1. The molecule has 2 N–H and O–H groups in total. The van der Waals surface area contributed by atoms with Crippen molar-refractivity contribution in [3.8, 4) is 11.5 Å². The van der Waals surface area contributed by atoms with Crippen LogP contribution in [0.25, 0.3) is 22.6 Å². The van der Waals surface area contributed by atoms with Crippen molar-refractivity contribution in [2.45, 2.75) is 13.5 Å². The smallest absolute Gasteiger partial charge is 0.180 e. The summed E-state index contributed by atoms with van der Waals surface area (Å²) in [5.74, 6) is 0.836. The highest BCUT2D eigenvalue weighted by molar-refractivity contribution is 7.13. The third-order valence-electron chi connectivity index (χ3n) is 2.78. The first-order valence-electron chi connectivity index (χ1n) is 5.56. The number of nitrogens with zero attached hydrogens (tertiary/aromatic N) is 3. The number of aryl methyl sites for hydroxylation is 1. The van der Waals surface area contributed by atoms with Gasteiger partial charge < -0.3 is 10.3 Å². The monoisotopic (exact) mass is 278 g/mol. The molecule has 0 fully saturated rings. The molecule has 92 valence electrons. The maximum Gasteiger partial charge on any atom is 0.180 e. The molecule has 0 aliphatic heterocycles. The Bertz CT molecular complexity index is 716. The lowest BCUT2D eigenvalue weighted by molar-refractivity contribution is 0.794. The van der Waals surface area contributed by atoms with E-state index in [0.29, 0.717) is 10.2 Å². The first-order chi connectivity index (χ1) is 8.69. The number of aromatic nitrogens is 3. The predicted molar refractivity (Wildman–Crippen MR) is 75.9 cm³/mol. The number of benzene rings is 1. The zero-order chi connectivity index (χ0) is 12.7. The van der Waals surface area contributed by atoms with E-state index in [2.05, 4.69) is 21.5 Å². The summed E-state index contributed by atoms with van der Waals surface area (Å²) in [6.45, 7) is 2.90. The van der Waals surface area contributed by atoms with Crippen molar-refractivity contribution >= 4 is 39.1 Å². The SMILES string of the molecule is CCn1c(-c2csc(N)n2)nc2cc(Cl)ccc21. The van der Waals surface area contributed by atoms with Crippen molar-refractivity contribution in [2.75, 3.05) is 5.73 Å². The summed E-state index contributed by atoms with van der Waals surface area (Å²) in [5, 5.41) is 3.16. The number of nitrogen functional groups attached to an aromatic ring is 1. The van der Waals surface area contributed by atoms with E-state index < -0.39 is 0 Å². The van der Waals surface area contributed by atoms with Crippen LogP contribution in [0.15, 0.2) is 23.6 Å². The number of hydrogen-bond acceptors (Lipinski definition) is 4. The first kappa shape index (κ1) is 11.5. The highest BCUT2D eigenvalue weighted by Gasteiger charge is 2.13. The second-order valence-corrected chi connectivity index (χ2v) is 5.21. The molecule has 0 aliphatic rings. The van der Waals surface area contributed by atoms with Gasteiger partial charge in [-0.15, -0.1) is 11.3 Å². The minimum atomic E-state index is 0.553. The number of rotatable bonds is 2. The molecule has 18 heavy (non-hydrogen) atoms. The van der Waals surface area contributed by atoms with Gasteiger partial charge in [-0.2, -0.15) is 0 Å². The van der Waals surface area contributed by atoms with E-state index >= 15 is 0 Å². The summed E-state index contributed by atoms with van der Waals surface area (Å²) in [4.78, 5) is 8.88. The second kappa shape index (κ2) is 4.26. The molecule has 4 nitrogen and oxygen atoms in total. The van der Waals surface area contributed by atoms with Gasteiger partial charge in [0.15, 0.2) is 11.0 Å². The van der Waals surface area contributed by atoms with Crippen molar-refractivity contribution in [3.05, 3.63) is 28.6 Å². The molecule has 0 aliphatic carbocycles. The van der Waals surface area contributed by atoms with Gasteiger partial charge >= 0.3 is 0 Å². The molecule has 3 aromatic rings. The molecule has 0 saturated carbocycles. The van der Waals surface area contributed by atoms with E-state index in [-0.39, 0.29) is 0 Å². The van der Waals surface area contributed by atoms with E-state index in [0.717, 1.165) is 29.1 Å². The third kappa shape index (κ3) is 1.76. The van der Waals surface area contributed by atoms with Crippen LogP contribution < -0.4 is 5.73 Å². The largest absolute Gasteiger partial charge is 0.375 e. The van der Waals surface area contributed by atoms with Gasteiger partial charge in [-0.1, -0.05) is 11.6 Å². The Balaban J connectivity index is 2.28. The molecule has 0 unspecified atom stereocenters. The van der Waals surface area contributed by atoms with Crippen LogP contribution in [0.5, 0.6) is 0 Å². The van der Waals surface area contributed by atoms with Crippen LogP contribution in [-0.4, -0.2) is 14.5 Å². The van der Waals surface area contributed by atoms with Gasteiger partial charge in [0.05, 0.1) is 11.0 Å². The van der Waals surface area contributed by atoms with Gasteiger partial charge in [-0.05, 0) is 25.1 Å². The first-order valence-corrected chi connectivity index (χ1v) is 6.82. The molecule has 0 bridgehead atoms. The Morgan fingerprint density at radius 2 is 2.22 bits per heavy atom. The fourth-order valence-corrected chi connectivity index (χ4v) is 2.72. The number of imidazole rings is 1. The van der Waals surface area contributed by atoms with Gasteiger partial charge in [-0.3, -0.25) is 0 Å². The van der Waals surface area contributed by atoms with Gasteiger partial charge in [0.2, 0.25) is 0 Å². The minimum Gasteiger partial charge on any atom is -0.375 e. The maximum absolute atomic E-state index is 5.99. The van der Waals surface area contributed by atoms with Crippen LogP contribution in [0.3, 0.4) is 0 Å². The third-order valence-corrected chi connectivity index (χ3v) is 3.69. The van der Waals surface area contributed by atoms with Gasteiger partial charge in [0.25, 0.3) is 0 Å². The summed E-state index contributed by atoms with van der Waals surface area (Å²) in [5.41, 5.74) is 8.43. The Labute approximate surface area is 113 Å². The standard InChI is InChI=1S/C12H11ClN4S/c1-2-17-10-4-3-7(13)5-8(10)15-11(17)9-6-18-12(14)16-9/h3-6H,2H2,1H3,(H2,14,16). The highest BCUT2D eigenvalue weighted by Crippen LogP contribution is 2.28. The zero-order valence-electron chi connectivity index (χ0n) is 9.72. The quantitative estimate of drug-likeness (QED) is 0.781. The Morgan fingerprint density at radius 3 is 2.89 bits per heavy atom. The lowest BCUT2D eigenvalue weighted by Gasteiger charge is -2.03. The van der Waals surface area contributed by atoms with Gasteiger partial charge in [-0.25, -0.2) is 9.97 Å². The van der Waals surface area contributed by atoms with E-state index in [9.17, 15) is 0 Å². The molecule has 0 atom stereocenters. The molecule has 0 radical (unpaired) electrons. The molecule has 0 saturated heterocycles. The Morgan fingerprint density at radius 1 is 1.39 bits per heavy atom. The van der Waals surface area contributed by atoms with E-state index in [1.54, 1.807) is 0 Å². The van der Waals surface area contributed by atoms with E-state index in [1.807, 2.05) is 23.6 Å². The number of thiazole rings is 1. The summed E-state index contributed by atoms with van der Waals surface area (Å²) < 4.78 is 2.11. The Kier molecular flexibility index (Phi) is 2.72. The zero-order valence-corrected chi connectivity index (χ0v) is 11.3. The molecule has 1 aromatic carbocycles. The molecule has 2 heterocycles. The van der Waals surface area contributed by atoms with Crippen LogP contribution >= 0.6 is 22.9 Å². The molecule has 3 rings (SSSR count). The predicted octanol–water partition coefficient (Wildman–Crippen LogP) is 3.42. The van der Waals surface area contributed by atoms with Crippen molar-refractivity contribution in [1.82, 2.24) is 14.5 Å². The lowest BCUT2D eigenvalue weighted by atomic mass is 10.3. The van der Waals surface area contributed by atoms with E-state index in [4.69, 9.17) is 17.3 Å². The topological polar surface area (TPSA) is 56.7 Å². The fourth-order valence-electron chi connectivity index (χ4n) is 2.01. The fraction of sp³-hybridized carbons (Fsp3) is 0.167. The molecular formula is C12H11ClN4S. The Hall–Kier alpha value is -1.59. The summed E-state index contributed by atoms with van der Waals surface area (Å²) in [6, 6.07) is 5.71. The average molecular weight is 279 g/mol. The summed E-state index contributed by atoms with van der Waals surface area (Å²) >= 11 is 7.41. The lowest BCUT2D eigenvalue weighted by Crippen LogP contribution is -1.97. The van der Waals surface area contributed by atoms with Crippen molar-refractivity contribution in [1.29, 1.82) is 0 Å². The highest BCUT2D eigenvalue weighted by atomic mass is 35.5. The van der Waals surface area contributed by atoms with Crippen molar-refractivity contribution < 1.29 is 0 Å². The number of fused-ring (bicyclic) bond motifs is 1. The average Bonchev–Trinajstić information content (AvgIpc) is 2.91. The molecule has 0 amide bonds. The normalized spacial score (nSPS) is 11.2. The van der Waals surface area contributed by atoms with E-state index in [1.165, 1.54) is 11.3 Å². The van der Waals surface area contributed by atoms with Crippen LogP contribution in [0, 0.1) is 0 Å². The summed E-state index contributed by atoms with van der Waals surface area (Å²) in [6.07, 6.45) is 0. The van der Waals surface area contributed by atoms with Crippen LogP contribution in [0.1, 0.15) is 6.92 Å². The van der Waals surface area contributed by atoms with Crippen molar-refractivity contribution in [2.24, 2.45) is 0 Å².